The smallest absolute Gasteiger partial charge is 0.255 e. The van der Waals surface area contributed by atoms with E-state index in [-0.39, 0.29) is 22.8 Å². The van der Waals surface area contributed by atoms with Gasteiger partial charge in [-0.25, -0.2) is 8.78 Å². The highest BCUT2D eigenvalue weighted by molar-refractivity contribution is 8.00. The van der Waals surface area contributed by atoms with Gasteiger partial charge in [-0.05, 0) is 67.9 Å². The summed E-state index contributed by atoms with van der Waals surface area (Å²) in [4.78, 5) is 13.4. The fourth-order valence-corrected chi connectivity index (χ4v) is 6.37. The SMILES string of the molecule is NC[C@@]1(O)C2CC[C@H]1C[C@H](Sc1cc(C(=O)Nc3ccc(F)c(F)c3)ccc1Cl)C2. The number of amides is 1. The number of benzene rings is 2. The van der Waals surface area contributed by atoms with Crippen molar-refractivity contribution in [1.82, 2.24) is 0 Å². The minimum Gasteiger partial charge on any atom is -0.388 e. The Kier molecular flexibility index (Phi) is 6.08. The second kappa shape index (κ2) is 8.46. The van der Waals surface area contributed by atoms with E-state index >= 15 is 0 Å². The molecule has 0 radical (unpaired) electrons. The molecule has 2 fully saturated rings. The summed E-state index contributed by atoms with van der Waals surface area (Å²) < 4.78 is 26.5. The summed E-state index contributed by atoms with van der Waals surface area (Å²) in [5.41, 5.74) is 5.64. The van der Waals surface area contributed by atoms with Gasteiger partial charge in [0, 0.05) is 34.0 Å². The lowest BCUT2D eigenvalue weighted by atomic mass is 9.74. The highest BCUT2D eigenvalue weighted by Gasteiger charge is 2.52. The molecule has 2 aliphatic rings. The summed E-state index contributed by atoms with van der Waals surface area (Å²) in [6.45, 7) is 0.292. The molecule has 30 heavy (non-hydrogen) atoms. The van der Waals surface area contributed by atoms with Gasteiger partial charge in [-0.3, -0.25) is 4.79 Å². The van der Waals surface area contributed by atoms with Crippen molar-refractivity contribution in [2.24, 2.45) is 17.6 Å². The van der Waals surface area contributed by atoms with Crippen LogP contribution in [0.25, 0.3) is 0 Å². The Morgan fingerprint density at radius 3 is 2.50 bits per heavy atom. The highest BCUT2D eigenvalue weighted by Crippen LogP contribution is 2.53. The molecule has 1 unspecified atom stereocenters. The largest absolute Gasteiger partial charge is 0.388 e. The fourth-order valence-electron chi connectivity index (χ4n) is 4.73. The second-order valence-corrected chi connectivity index (χ2v) is 9.86. The van der Waals surface area contributed by atoms with Crippen LogP contribution < -0.4 is 11.1 Å². The van der Waals surface area contributed by atoms with E-state index < -0.39 is 23.1 Å². The first-order chi connectivity index (χ1) is 14.3. The van der Waals surface area contributed by atoms with Gasteiger partial charge in [0.15, 0.2) is 11.6 Å². The van der Waals surface area contributed by atoms with Gasteiger partial charge >= 0.3 is 0 Å². The third-order valence-corrected chi connectivity index (χ3v) is 8.12. The van der Waals surface area contributed by atoms with Gasteiger partial charge in [0.2, 0.25) is 0 Å². The van der Waals surface area contributed by atoms with Crippen molar-refractivity contribution < 1.29 is 18.7 Å². The van der Waals surface area contributed by atoms with E-state index in [9.17, 15) is 18.7 Å². The van der Waals surface area contributed by atoms with E-state index in [4.69, 9.17) is 17.3 Å². The summed E-state index contributed by atoms with van der Waals surface area (Å²) in [5, 5.41) is 14.3. The lowest BCUT2D eigenvalue weighted by molar-refractivity contribution is -0.0492. The Labute approximate surface area is 183 Å². The van der Waals surface area contributed by atoms with Crippen molar-refractivity contribution in [3.8, 4) is 0 Å². The van der Waals surface area contributed by atoms with Crippen molar-refractivity contribution in [3.05, 3.63) is 58.6 Å². The quantitative estimate of drug-likeness (QED) is 0.606. The predicted molar refractivity (Wildman–Crippen MR) is 115 cm³/mol. The zero-order valence-corrected chi connectivity index (χ0v) is 17.8. The number of aliphatic hydroxyl groups is 1. The van der Waals surface area contributed by atoms with Crippen LogP contribution in [0, 0.1) is 23.5 Å². The molecule has 2 aromatic rings. The maximum Gasteiger partial charge on any atom is 0.255 e. The zero-order valence-electron chi connectivity index (χ0n) is 16.2. The molecule has 2 aliphatic carbocycles. The van der Waals surface area contributed by atoms with Crippen LogP contribution in [0.3, 0.4) is 0 Å². The maximum absolute atomic E-state index is 13.4. The van der Waals surface area contributed by atoms with Crippen LogP contribution in [-0.4, -0.2) is 28.4 Å². The number of hydrogen-bond acceptors (Lipinski definition) is 4. The molecule has 4 nitrogen and oxygen atoms in total. The van der Waals surface area contributed by atoms with Crippen molar-refractivity contribution in [3.63, 3.8) is 0 Å². The first kappa shape index (κ1) is 21.6. The number of fused-ring (bicyclic) bond motifs is 2. The molecular weight excluding hydrogens is 430 g/mol. The van der Waals surface area contributed by atoms with Crippen LogP contribution in [0.4, 0.5) is 14.5 Å². The van der Waals surface area contributed by atoms with E-state index in [0.29, 0.717) is 17.1 Å². The van der Waals surface area contributed by atoms with Gasteiger partial charge in [0.1, 0.15) is 0 Å². The van der Waals surface area contributed by atoms with Gasteiger partial charge < -0.3 is 16.2 Å². The number of thioether (sulfide) groups is 1. The summed E-state index contributed by atoms with van der Waals surface area (Å²) >= 11 is 8.00. The van der Waals surface area contributed by atoms with Crippen LogP contribution in [0.5, 0.6) is 0 Å². The Balaban J connectivity index is 1.47. The van der Waals surface area contributed by atoms with Crippen molar-refractivity contribution >= 4 is 35.0 Å². The molecule has 4 atom stereocenters. The van der Waals surface area contributed by atoms with Gasteiger partial charge in [-0.2, -0.15) is 0 Å². The zero-order chi connectivity index (χ0) is 21.5. The van der Waals surface area contributed by atoms with E-state index in [1.807, 2.05) is 0 Å². The average Bonchev–Trinajstić information content (AvgIpc) is 2.89. The molecule has 0 aromatic heterocycles. The van der Waals surface area contributed by atoms with Crippen molar-refractivity contribution in [2.45, 2.75) is 41.4 Å². The van der Waals surface area contributed by atoms with E-state index in [0.717, 1.165) is 42.7 Å². The summed E-state index contributed by atoms with van der Waals surface area (Å²) in [6, 6.07) is 8.19. The first-order valence-electron chi connectivity index (χ1n) is 9.95. The number of nitrogens with one attached hydrogen (secondary N) is 1. The number of carbonyl (C=O) groups excluding carboxylic acids is 1. The number of hydrogen-bond donors (Lipinski definition) is 3. The lowest BCUT2D eigenvalue weighted by Gasteiger charge is -2.42. The minimum absolute atomic E-state index is 0.174. The molecule has 0 aliphatic heterocycles. The maximum atomic E-state index is 13.4. The number of nitrogens with two attached hydrogens (primary N) is 1. The molecule has 160 valence electrons. The first-order valence-corrected chi connectivity index (χ1v) is 11.2. The number of halogens is 3. The third kappa shape index (κ3) is 4.08. The highest BCUT2D eigenvalue weighted by atomic mass is 35.5. The summed E-state index contributed by atoms with van der Waals surface area (Å²) in [5.74, 6) is -2.04. The summed E-state index contributed by atoms with van der Waals surface area (Å²) in [7, 11) is 0. The van der Waals surface area contributed by atoms with Crippen LogP contribution >= 0.6 is 23.4 Å². The van der Waals surface area contributed by atoms with Crippen LogP contribution in [-0.2, 0) is 0 Å². The lowest BCUT2D eigenvalue weighted by Crippen LogP contribution is -2.51. The van der Waals surface area contributed by atoms with Crippen LogP contribution in [0.15, 0.2) is 41.3 Å². The molecule has 2 saturated carbocycles. The Morgan fingerprint density at radius 2 is 1.87 bits per heavy atom. The normalized spacial score (nSPS) is 27.8. The molecule has 0 spiro atoms. The monoisotopic (exact) mass is 452 g/mol. The van der Waals surface area contributed by atoms with Gasteiger partial charge in [-0.1, -0.05) is 11.6 Å². The summed E-state index contributed by atoms with van der Waals surface area (Å²) in [6.07, 6.45) is 3.69. The number of rotatable bonds is 5. The van der Waals surface area contributed by atoms with E-state index in [1.165, 1.54) is 6.07 Å². The van der Waals surface area contributed by atoms with Crippen molar-refractivity contribution in [1.29, 1.82) is 0 Å². The standard InChI is InChI=1S/C22H23ClF2N2O2S/c23-17-5-1-12(21(28)27-15-4-6-18(24)19(25)10-15)7-20(17)30-16-8-13-2-3-14(9-16)22(13,29)11-26/h1,4-7,10,13-14,16,29H,2-3,8-9,11,26H2,(H,27,28)/t13-,14?,16-,22-/m0/s1. The third-order valence-electron chi connectivity index (χ3n) is 6.36. The number of carbonyl (C=O) groups is 1. The van der Waals surface area contributed by atoms with Gasteiger partial charge in [0.05, 0.1) is 10.6 Å². The molecule has 0 heterocycles. The molecule has 2 aromatic carbocycles. The predicted octanol–water partition coefficient (Wildman–Crippen LogP) is 4.84. The Morgan fingerprint density at radius 1 is 1.17 bits per heavy atom. The Hall–Kier alpha value is -1.67. The van der Waals surface area contributed by atoms with Crippen LogP contribution in [0.1, 0.15) is 36.0 Å². The average molecular weight is 453 g/mol. The Bertz CT molecular complexity index is 960. The molecule has 2 bridgehead atoms. The molecule has 1 amide bonds. The molecule has 0 saturated heterocycles. The fraction of sp³-hybridized carbons (Fsp3) is 0.409. The molecule has 4 N–H and O–H groups in total. The van der Waals surface area contributed by atoms with Gasteiger partial charge in [-0.15, -0.1) is 11.8 Å². The van der Waals surface area contributed by atoms with Gasteiger partial charge in [0.25, 0.3) is 5.91 Å². The topological polar surface area (TPSA) is 75.3 Å². The molecule has 4 rings (SSSR count). The second-order valence-electron chi connectivity index (χ2n) is 8.11. The minimum atomic E-state index is -1.02. The number of anilines is 1. The molecular formula is C22H23ClF2N2O2S. The molecule has 8 heteroatoms. The van der Waals surface area contributed by atoms with E-state index in [2.05, 4.69) is 5.32 Å². The van der Waals surface area contributed by atoms with Crippen molar-refractivity contribution in [2.75, 3.05) is 11.9 Å². The van der Waals surface area contributed by atoms with Crippen LogP contribution in [0.2, 0.25) is 5.02 Å². The van der Waals surface area contributed by atoms with E-state index in [1.54, 1.807) is 30.0 Å².